The number of rotatable bonds is 47. The maximum Gasteiger partial charge on any atom is 0.472 e. The Kier molecular flexibility index (Phi) is 46.7. The molecule has 0 saturated carbocycles. The Morgan fingerprint density at radius 3 is 1.29 bits per heavy atom. The maximum atomic E-state index is 12.4. The number of phosphoric ester groups is 1. The highest BCUT2D eigenvalue weighted by Crippen LogP contribution is 2.43. The van der Waals surface area contributed by atoms with Crippen LogP contribution in [0.4, 0.5) is 0 Å². The monoisotopic (exact) mass is 970 g/mol. The van der Waals surface area contributed by atoms with Crippen LogP contribution in [0.1, 0.15) is 194 Å². The number of nitrogens with one attached hydrogen (secondary N) is 1. The predicted molar refractivity (Wildman–Crippen MR) is 281 cm³/mol. The highest BCUT2D eigenvalue weighted by atomic mass is 31.2. The number of phosphoric acid groups is 1. The van der Waals surface area contributed by atoms with Crippen LogP contribution in [0.25, 0.3) is 0 Å². The van der Waals surface area contributed by atoms with Gasteiger partial charge in [0, 0.05) is 12.8 Å². The van der Waals surface area contributed by atoms with Gasteiger partial charge in [-0.1, -0.05) is 187 Å². The molecule has 0 aromatic rings. The number of hydrogen-bond donors (Lipinski definition) is 4. The molecule has 0 aliphatic heterocycles. The summed E-state index contributed by atoms with van der Waals surface area (Å²) in [5, 5.41) is 21.9. The summed E-state index contributed by atoms with van der Waals surface area (Å²) in [7, 11) is -4.78. The summed E-state index contributed by atoms with van der Waals surface area (Å²) in [6.45, 7) is 2.41. The predicted octanol–water partition coefficient (Wildman–Crippen LogP) is 14.6. The summed E-state index contributed by atoms with van der Waals surface area (Å²) in [5.74, 6) is -2.44. The summed E-state index contributed by atoms with van der Waals surface area (Å²) in [5.41, 5.74) is 0. The van der Waals surface area contributed by atoms with Crippen molar-refractivity contribution in [1.29, 1.82) is 0 Å². The van der Waals surface area contributed by atoms with Crippen molar-refractivity contribution in [1.82, 2.24) is 5.32 Å². The number of allylic oxidation sites excluding steroid dienone is 18. The van der Waals surface area contributed by atoms with Gasteiger partial charge in [-0.15, -0.1) is 0 Å². The van der Waals surface area contributed by atoms with E-state index in [1.54, 1.807) is 0 Å². The first-order chi connectivity index (χ1) is 33.1. The largest absolute Gasteiger partial charge is 0.480 e. The number of aliphatic hydroxyl groups is 1. The molecule has 4 N–H and O–H groups in total. The lowest BCUT2D eigenvalue weighted by atomic mass is 10.0. The van der Waals surface area contributed by atoms with Gasteiger partial charge in [0.1, 0.15) is 12.7 Å². The number of carboxylic acid groups (broad SMARTS) is 1. The number of carbonyl (C=O) groups is 3. The van der Waals surface area contributed by atoms with E-state index in [1.165, 1.54) is 57.8 Å². The molecule has 0 fully saturated rings. The van der Waals surface area contributed by atoms with Crippen molar-refractivity contribution in [2.45, 2.75) is 206 Å². The highest BCUT2D eigenvalue weighted by molar-refractivity contribution is 7.47. The minimum absolute atomic E-state index is 0.132. The third-order valence-corrected chi connectivity index (χ3v) is 11.5. The van der Waals surface area contributed by atoms with Crippen molar-refractivity contribution in [3.8, 4) is 0 Å². The average molecular weight is 970 g/mol. The van der Waals surface area contributed by atoms with Crippen LogP contribution in [-0.4, -0.2) is 64.9 Å². The van der Waals surface area contributed by atoms with E-state index >= 15 is 0 Å². The third kappa shape index (κ3) is 48.6. The molecule has 0 rings (SSSR count). The minimum Gasteiger partial charge on any atom is -0.480 e. The van der Waals surface area contributed by atoms with Crippen LogP contribution in [0.2, 0.25) is 0 Å². The van der Waals surface area contributed by atoms with Gasteiger partial charge >= 0.3 is 19.8 Å². The van der Waals surface area contributed by atoms with Crippen molar-refractivity contribution < 1.29 is 47.8 Å². The molecular formula is C56H92NO10P. The Hall–Kier alpha value is -3.86. The van der Waals surface area contributed by atoms with Crippen molar-refractivity contribution in [2.75, 3.05) is 19.8 Å². The Bertz CT molecular complexity index is 1560. The third-order valence-electron chi connectivity index (χ3n) is 10.5. The van der Waals surface area contributed by atoms with Gasteiger partial charge in [-0.3, -0.25) is 18.6 Å². The average Bonchev–Trinajstić information content (AvgIpc) is 3.32. The van der Waals surface area contributed by atoms with Crippen molar-refractivity contribution in [3.05, 3.63) is 109 Å². The Labute approximate surface area is 412 Å². The number of aliphatic hydroxyl groups excluding tert-OH is 1. The van der Waals surface area contributed by atoms with Gasteiger partial charge in [0.25, 0.3) is 0 Å². The molecule has 68 heavy (non-hydrogen) atoms. The molecule has 0 bridgehead atoms. The standard InChI is InChI=1S/C56H92NO10P/c1-3-5-7-9-11-13-15-17-19-21-23-25-26-28-29-31-33-35-37-39-41-43-45-47-54(59)57-53(56(61)62)51-67-68(63,64)66-50-52(58)49-65-55(60)48-46-44-42-40-38-36-34-32-30-27-24-22-20-18-16-14-12-10-8-6-4-2/h6,8,11-14,17-20,23-25,27,32,34,38,40,52-53,58H,3-5,7,9-10,15-16,21-22,26,28-31,33,35-37,39,41-51H2,1-2H3,(H,57,59)(H,61,62)(H,63,64)/b8-6-,13-11-,14-12-,19-17-,20-18-,25-23-,27-24-,34-32-,40-38-. The first kappa shape index (κ1) is 64.1. The Morgan fingerprint density at radius 2 is 0.853 bits per heavy atom. The summed E-state index contributed by atoms with van der Waals surface area (Å²) in [6, 6.07) is -1.56. The fourth-order valence-corrected chi connectivity index (χ4v) is 7.33. The molecule has 0 heterocycles. The molecule has 0 aromatic heterocycles. The highest BCUT2D eigenvalue weighted by Gasteiger charge is 2.28. The molecule has 0 saturated heterocycles. The van der Waals surface area contributed by atoms with Gasteiger partial charge in [-0.2, -0.15) is 0 Å². The van der Waals surface area contributed by atoms with Crippen LogP contribution >= 0.6 is 7.82 Å². The van der Waals surface area contributed by atoms with Crippen LogP contribution < -0.4 is 5.32 Å². The number of aliphatic carboxylic acids is 1. The quantitative estimate of drug-likeness (QED) is 0.0199. The molecule has 1 amide bonds. The number of unbranched alkanes of at least 4 members (excludes halogenated alkanes) is 15. The Morgan fingerprint density at radius 1 is 0.485 bits per heavy atom. The molecule has 0 spiro atoms. The number of amides is 1. The fourth-order valence-electron chi connectivity index (χ4n) is 6.56. The van der Waals surface area contributed by atoms with Crippen LogP contribution in [0.15, 0.2) is 109 Å². The molecule has 0 aliphatic carbocycles. The molecule has 386 valence electrons. The van der Waals surface area contributed by atoms with Gasteiger partial charge in [0.15, 0.2) is 6.04 Å². The van der Waals surface area contributed by atoms with Crippen molar-refractivity contribution in [3.63, 3.8) is 0 Å². The normalized spacial score (nSPS) is 14.4. The van der Waals surface area contributed by atoms with E-state index in [-0.39, 0.29) is 12.8 Å². The van der Waals surface area contributed by atoms with Crippen molar-refractivity contribution in [2.24, 2.45) is 0 Å². The van der Waals surface area contributed by atoms with E-state index in [0.29, 0.717) is 12.8 Å². The molecular weight excluding hydrogens is 878 g/mol. The minimum atomic E-state index is -4.78. The maximum absolute atomic E-state index is 12.4. The van der Waals surface area contributed by atoms with Crippen LogP contribution in [-0.2, 0) is 32.7 Å². The number of carbonyl (C=O) groups excluding carboxylic acids is 2. The lowest BCUT2D eigenvalue weighted by Crippen LogP contribution is -2.43. The summed E-state index contributed by atoms with van der Waals surface area (Å²) < 4.78 is 26.9. The van der Waals surface area contributed by atoms with E-state index in [0.717, 1.165) is 96.3 Å². The number of hydrogen-bond acceptors (Lipinski definition) is 8. The van der Waals surface area contributed by atoms with Gasteiger partial charge < -0.3 is 25.2 Å². The Balaban J connectivity index is 3.92. The van der Waals surface area contributed by atoms with Crippen LogP contribution in [0.5, 0.6) is 0 Å². The summed E-state index contributed by atoms with van der Waals surface area (Å²) >= 11 is 0. The second-order valence-electron chi connectivity index (χ2n) is 17.0. The van der Waals surface area contributed by atoms with E-state index in [2.05, 4.69) is 129 Å². The van der Waals surface area contributed by atoms with E-state index in [9.17, 15) is 34.1 Å². The topological polar surface area (TPSA) is 169 Å². The van der Waals surface area contributed by atoms with Crippen LogP contribution in [0.3, 0.4) is 0 Å². The second-order valence-corrected chi connectivity index (χ2v) is 18.4. The zero-order valence-corrected chi connectivity index (χ0v) is 43.0. The zero-order valence-electron chi connectivity index (χ0n) is 42.1. The second kappa shape index (κ2) is 49.6. The molecule has 11 nitrogen and oxygen atoms in total. The van der Waals surface area contributed by atoms with E-state index in [4.69, 9.17) is 13.8 Å². The zero-order chi connectivity index (χ0) is 49.9. The number of carboxylic acids is 1. The number of ether oxygens (including phenoxy) is 1. The lowest BCUT2D eigenvalue weighted by molar-refractivity contribution is -0.147. The fraction of sp³-hybridized carbons (Fsp3) is 0.625. The number of esters is 1. The molecule has 3 atom stereocenters. The summed E-state index contributed by atoms with van der Waals surface area (Å²) in [6.07, 6.45) is 65.3. The lowest BCUT2D eigenvalue weighted by Gasteiger charge is -2.18. The smallest absolute Gasteiger partial charge is 0.472 e. The molecule has 12 heteroatoms. The van der Waals surface area contributed by atoms with Gasteiger partial charge in [-0.05, 0) is 103 Å². The van der Waals surface area contributed by atoms with Gasteiger partial charge in [0.05, 0.1) is 13.2 Å². The van der Waals surface area contributed by atoms with E-state index < -0.39 is 57.6 Å². The SMILES string of the molecule is CC/C=C\C/C=C\C/C=C\C/C=C\C/C=C\C/C=C\CCCCC(=O)OCC(O)COP(=O)(O)OCC(NC(=O)CCCCCCCCCCCC/C=C\C/C=C\C/C=C\CCCCC)C(=O)O. The first-order valence-electron chi connectivity index (χ1n) is 25.9. The molecule has 0 radical (unpaired) electrons. The molecule has 0 aliphatic rings. The van der Waals surface area contributed by atoms with E-state index in [1.807, 2.05) is 0 Å². The van der Waals surface area contributed by atoms with Gasteiger partial charge in [-0.25, -0.2) is 9.36 Å². The van der Waals surface area contributed by atoms with Gasteiger partial charge in [0.2, 0.25) is 5.91 Å². The first-order valence-corrected chi connectivity index (χ1v) is 27.4. The van der Waals surface area contributed by atoms with Crippen molar-refractivity contribution >= 4 is 25.7 Å². The van der Waals surface area contributed by atoms with Crippen LogP contribution in [0, 0.1) is 0 Å². The molecule has 3 unspecified atom stereocenters. The molecule has 0 aromatic carbocycles. The summed E-state index contributed by atoms with van der Waals surface area (Å²) in [4.78, 5) is 46.2.